The van der Waals surface area contributed by atoms with Gasteiger partial charge in [-0.3, -0.25) is 0 Å². The van der Waals surface area contributed by atoms with Crippen LogP contribution in [0.15, 0.2) is 54.6 Å². The van der Waals surface area contributed by atoms with E-state index in [2.05, 4.69) is 18.6 Å². The molecule has 0 saturated carbocycles. The molecule has 2 rings (SSSR count). The van der Waals surface area contributed by atoms with Gasteiger partial charge in [0, 0.05) is 0 Å². The van der Waals surface area contributed by atoms with Crippen LogP contribution in [0.2, 0.25) is 0 Å². The maximum absolute atomic E-state index is 10.5. The number of hydrogen-bond acceptors (Lipinski definition) is 3. The summed E-state index contributed by atoms with van der Waals surface area (Å²) in [4.78, 5) is 10.5. The van der Waals surface area contributed by atoms with Crippen molar-refractivity contribution in [3.05, 3.63) is 54.6 Å². The van der Waals surface area contributed by atoms with E-state index in [1.54, 1.807) is 30.3 Å². The second-order valence-corrected chi connectivity index (χ2v) is 4.23. The lowest BCUT2D eigenvalue weighted by Gasteiger charge is -2.09. The van der Waals surface area contributed by atoms with Crippen LogP contribution in [0.25, 0.3) is 0 Å². The van der Waals surface area contributed by atoms with Gasteiger partial charge >= 0.3 is 6.16 Å². The van der Waals surface area contributed by atoms with Crippen LogP contribution < -0.4 is 9.47 Å². The number of carbonyl (C=O) groups is 1. The van der Waals surface area contributed by atoms with E-state index in [1.165, 1.54) is 18.9 Å². The molecule has 4 heteroatoms. The average molecular weight is 288 g/mol. The summed E-state index contributed by atoms with van der Waals surface area (Å²) in [6.45, 7) is 4.36. The molecule has 4 nitrogen and oxygen atoms in total. The lowest BCUT2D eigenvalue weighted by Crippen LogP contribution is -2.03. The van der Waals surface area contributed by atoms with Gasteiger partial charge in [0.15, 0.2) is 11.5 Å². The topological polar surface area (TPSA) is 55.8 Å². The Balaban J connectivity index is 0.000000491. The second-order valence-electron chi connectivity index (χ2n) is 4.23. The van der Waals surface area contributed by atoms with E-state index in [4.69, 9.17) is 9.84 Å². The van der Waals surface area contributed by atoms with Crippen molar-refractivity contribution in [1.82, 2.24) is 0 Å². The first-order valence-electron chi connectivity index (χ1n) is 6.90. The van der Waals surface area contributed by atoms with Gasteiger partial charge in [-0.15, -0.1) is 0 Å². The standard InChI is InChI=1S/C13H10O4.C4H10/c14-13(15)17-12-9-5-4-8-11(12)16-10-6-2-1-3-7-10;1-3-4-2/h1-9H,(H,14,15);3-4H2,1-2H3. The van der Waals surface area contributed by atoms with Crippen LogP contribution in [-0.4, -0.2) is 11.3 Å². The van der Waals surface area contributed by atoms with E-state index in [0.29, 0.717) is 11.5 Å². The molecule has 0 amide bonds. The molecule has 0 saturated heterocycles. The van der Waals surface area contributed by atoms with Gasteiger partial charge in [0.1, 0.15) is 5.75 Å². The number of para-hydroxylation sites is 3. The maximum atomic E-state index is 10.5. The number of hydrogen-bond donors (Lipinski definition) is 1. The highest BCUT2D eigenvalue weighted by atomic mass is 16.7. The van der Waals surface area contributed by atoms with Crippen LogP contribution >= 0.6 is 0 Å². The molecule has 21 heavy (non-hydrogen) atoms. The van der Waals surface area contributed by atoms with Crippen LogP contribution in [0.1, 0.15) is 26.7 Å². The molecule has 2 aromatic rings. The molecule has 0 aliphatic carbocycles. The molecule has 0 aromatic heterocycles. The summed E-state index contributed by atoms with van der Waals surface area (Å²) in [5, 5.41) is 8.58. The van der Waals surface area contributed by atoms with Gasteiger partial charge in [0.2, 0.25) is 0 Å². The van der Waals surface area contributed by atoms with E-state index in [1.807, 2.05) is 18.2 Å². The predicted molar refractivity (Wildman–Crippen MR) is 82.2 cm³/mol. The smallest absolute Gasteiger partial charge is 0.453 e. The zero-order valence-electron chi connectivity index (χ0n) is 12.3. The largest absolute Gasteiger partial charge is 0.511 e. The molecule has 0 aliphatic rings. The van der Waals surface area contributed by atoms with E-state index >= 15 is 0 Å². The summed E-state index contributed by atoms with van der Waals surface area (Å²) in [5.41, 5.74) is 0. The van der Waals surface area contributed by atoms with E-state index < -0.39 is 6.16 Å². The lowest BCUT2D eigenvalue weighted by atomic mass is 10.3. The highest BCUT2D eigenvalue weighted by Crippen LogP contribution is 2.30. The molecule has 2 aromatic carbocycles. The molecule has 0 unspecified atom stereocenters. The summed E-state index contributed by atoms with van der Waals surface area (Å²) in [5.74, 6) is 1.15. The Labute approximate surface area is 125 Å². The minimum Gasteiger partial charge on any atom is -0.453 e. The quantitative estimate of drug-likeness (QED) is 0.609. The molecule has 0 aliphatic heterocycles. The Morgan fingerprint density at radius 1 is 0.905 bits per heavy atom. The summed E-state index contributed by atoms with van der Waals surface area (Å²) in [7, 11) is 0. The third-order valence-electron chi connectivity index (χ3n) is 2.52. The fourth-order valence-electron chi connectivity index (χ4n) is 1.33. The van der Waals surface area contributed by atoms with Gasteiger partial charge in [-0.1, -0.05) is 57.0 Å². The molecule has 0 heterocycles. The molecule has 112 valence electrons. The lowest BCUT2D eigenvalue weighted by molar-refractivity contribution is 0.143. The normalized spacial score (nSPS) is 9.24. The summed E-state index contributed by atoms with van der Waals surface area (Å²) < 4.78 is 10.1. The van der Waals surface area contributed by atoms with Crippen LogP contribution in [0.4, 0.5) is 4.79 Å². The molecular formula is C17H20O4. The Hall–Kier alpha value is -2.49. The molecule has 1 N–H and O–H groups in total. The van der Waals surface area contributed by atoms with Crippen LogP contribution in [-0.2, 0) is 0 Å². The van der Waals surface area contributed by atoms with Gasteiger partial charge in [-0.2, -0.15) is 0 Å². The number of unbranched alkanes of at least 4 members (excludes halogenated alkanes) is 1. The van der Waals surface area contributed by atoms with E-state index in [-0.39, 0.29) is 5.75 Å². The minimum atomic E-state index is -1.37. The highest BCUT2D eigenvalue weighted by molar-refractivity contribution is 5.63. The number of ether oxygens (including phenoxy) is 2. The number of rotatable bonds is 4. The SMILES string of the molecule is CCCC.O=C(O)Oc1ccccc1Oc1ccccc1. The summed E-state index contributed by atoms with van der Waals surface area (Å²) in [6, 6.07) is 15.7. The number of benzene rings is 2. The predicted octanol–water partition coefficient (Wildman–Crippen LogP) is 5.34. The monoisotopic (exact) mass is 288 g/mol. The van der Waals surface area contributed by atoms with Crippen molar-refractivity contribution in [3.63, 3.8) is 0 Å². The molecule has 0 bridgehead atoms. The van der Waals surface area contributed by atoms with Crippen LogP contribution in [0.5, 0.6) is 17.2 Å². The van der Waals surface area contributed by atoms with Crippen molar-refractivity contribution in [3.8, 4) is 17.2 Å². The van der Waals surface area contributed by atoms with Gasteiger partial charge in [-0.05, 0) is 24.3 Å². The maximum Gasteiger partial charge on any atom is 0.511 e. The first-order valence-corrected chi connectivity index (χ1v) is 6.90. The first kappa shape index (κ1) is 16.6. The van der Waals surface area contributed by atoms with Crippen LogP contribution in [0.3, 0.4) is 0 Å². The Kier molecular flexibility index (Phi) is 7.43. The van der Waals surface area contributed by atoms with Crippen molar-refractivity contribution < 1.29 is 19.4 Å². The molecule has 0 atom stereocenters. The van der Waals surface area contributed by atoms with Gasteiger partial charge in [0.05, 0.1) is 0 Å². The fourth-order valence-corrected chi connectivity index (χ4v) is 1.33. The van der Waals surface area contributed by atoms with E-state index in [0.717, 1.165) is 0 Å². The second kappa shape index (κ2) is 9.42. The zero-order valence-corrected chi connectivity index (χ0v) is 12.3. The summed E-state index contributed by atoms with van der Waals surface area (Å²) >= 11 is 0. The Morgan fingerprint density at radius 2 is 1.43 bits per heavy atom. The van der Waals surface area contributed by atoms with Crippen molar-refractivity contribution >= 4 is 6.16 Å². The fraction of sp³-hybridized carbons (Fsp3) is 0.235. The molecule has 0 fully saturated rings. The minimum absolute atomic E-state index is 0.170. The van der Waals surface area contributed by atoms with Gasteiger partial charge < -0.3 is 14.6 Å². The third-order valence-corrected chi connectivity index (χ3v) is 2.52. The van der Waals surface area contributed by atoms with E-state index in [9.17, 15) is 4.79 Å². The zero-order chi connectivity index (χ0) is 15.5. The Morgan fingerprint density at radius 3 is 1.95 bits per heavy atom. The van der Waals surface area contributed by atoms with Crippen molar-refractivity contribution in [2.45, 2.75) is 26.7 Å². The first-order chi connectivity index (χ1) is 10.2. The highest BCUT2D eigenvalue weighted by Gasteiger charge is 2.08. The van der Waals surface area contributed by atoms with Gasteiger partial charge in [-0.25, -0.2) is 4.79 Å². The molecular weight excluding hydrogens is 268 g/mol. The van der Waals surface area contributed by atoms with Crippen molar-refractivity contribution in [2.75, 3.05) is 0 Å². The molecule has 0 spiro atoms. The van der Waals surface area contributed by atoms with Crippen LogP contribution in [0, 0.1) is 0 Å². The molecule has 0 radical (unpaired) electrons. The Bertz CT molecular complexity index is 535. The third kappa shape index (κ3) is 6.47. The van der Waals surface area contributed by atoms with Gasteiger partial charge in [0.25, 0.3) is 0 Å². The van der Waals surface area contributed by atoms with Crippen molar-refractivity contribution in [1.29, 1.82) is 0 Å². The number of carboxylic acid groups (broad SMARTS) is 1. The summed E-state index contributed by atoms with van der Waals surface area (Å²) in [6.07, 6.45) is 1.27. The van der Waals surface area contributed by atoms with Crippen molar-refractivity contribution in [2.24, 2.45) is 0 Å². The average Bonchev–Trinajstić information content (AvgIpc) is 2.50.